The summed E-state index contributed by atoms with van der Waals surface area (Å²) in [6.45, 7) is 7.90. The van der Waals surface area contributed by atoms with Crippen LogP contribution in [0.3, 0.4) is 0 Å². The highest BCUT2D eigenvalue weighted by molar-refractivity contribution is 5.87. The Balaban J connectivity index is 1.45. The summed E-state index contributed by atoms with van der Waals surface area (Å²) in [7, 11) is 0. The zero-order valence-electron chi connectivity index (χ0n) is 21.5. The summed E-state index contributed by atoms with van der Waals surface area (Å²) < 4.78 is 19.0. The molecule has 2 atom stereocenters. The van der Waals surface area contributed by atoms with Crippen LogP contribution in [0.25, 0.3) is 0 Å². The molecule has 8 nitrogen and oxygen atoms in total. The van der Waals surface area contributed by atoms with Crippen molar-refractivity contribution in [2.24, 2.45) is 5.73 Å². The molecule has 3 N–H and O–H groups in total. The van der Waals surface area contributed by atoms with Crippen LogP contribution < -0.4 is 11.1 Å². The van der Waals surface area contributed by atoms with Crippen LogP contribution in [0.4, 0.5) is 4.39 Å². The number of likely N-dealkylation sites (tertiary alicyclic amines) is 1. The molecular weight excluding hydrogens is 461 g/mol. The molecule has 9 heteroatoms. The lowest BCUT2D eigenvalue weighted by atomic mass is 9.90. The van der Waals surface area contributed by atoms with Crippen LogP contribution >= 0.6 is 0 Å². The summed E-state index contributed by atoms with van der Waals surface area (Å²) in [6.07, 6.45) is 5.02. The van der Waals surface area contributed by atoms with Gasteiger partial charge in [0.15, 0.2) is 0 Å². The van der Waals surface area contributed by atoms with Gasteiger partial charge in [-0.15, -0.1) is 0 Å². The Kier molecular flexibility index (Phi) is 9.70. The second-order valence-corrected chi connectivity index (χ2v) is 10.6. The minimum Gasteiger partial charge on any atom is -0.379 e. The van der Waals surface area contributed by atoms with Crippen LogP contribution in [-0.4, -0.2) is 96.6 Å². The van der Waals surface area contributed by atoms with E-state index in [4.69, 9.17) is 10.5 Å². The van der Waals surface area contributed by atoms with E-state index in [1.807, 2.05) is 12.1 Å². The van der Waals surface area contributed by atoms with Crippen molar-refractivity contribution in [2.75, 3.05) is 45.9 Å². The summed E-state index contributed by atoms with van der Waals surface area (Å²) in [5.74, 6) is -0.350. The molecule has 1 saturated carbocycles. The molecule has 1 unspecified atom stereocenters. The first-order valence-corrected chi connectivity index (χ1v) is 13.5. The first-order valence-electron chi connectivity index (χ1n) is 13.5. The minimum absolute atomic E-state index is 0.0507. The van der Waals surface area contributed by atoms with Crippen molar-refractivity contribution < 1.29 is 18.7 Å². The van der Waals surface area contributed by atoms with Crippen molar-refractivity contribution in [1.29, 1.82) is 0 Å². The molecule has 1 aromatic rings. The maximum Gasteiger partial charge on any atom is 0.243 e. The van der Waals surface area contributed by atoms with E-state index in [1.165, 1.54) is 12.1 Å². The van der Waals surface area contributed by atoms with E-state index in [9.17, 15) is 14.0 Å². The number of amides is 2. The van der Waals surface area contributed by atoms with Crippen LogP contribution in [0.1, 0.15) is 51.0 Å². The third-order valence-electron chi connectivity index (χ3n) is 8.02. The highest BCUT2D eigenvalue weighted by Crippen LogP contribution is 2.25. The van der Waals surface area contributed by atoms with Gasteiger partial charge in [-0.1, -0.05) is 12.1 Å². The lowest BCUT2D eigenvalue weighted by Crippen LogP contribution is -2.58. The van der Waals surface area contributed by atoms with Crippen molar-refractivity contribution in [2.45, 2.75) is 76.2 Å². The van der Waals surface area contributed by atoms with Crippen LogP contribution in [-0.2, 0) is 20.9 Å². The monoisotopic (exact) mass is 503 g/mol. The molecule has 0 bridgehead atoms. The maximum absolute atomic E-state index is 13.5. The number of hydrogen-bond acceptors (Lipinski definition) is 6. The number of carbonyl (C=O) groups is 2. The molecule has 4 rings (SSSR count). The van der Waals surface area contributed by atoms with Gasteiger partial charge >= 0.3 is 0 Å². The molecule has 2 aliphatic heterocycles. The molecule has 0 radical (unpaired) electrons. The van der Waals surface area contributed by atoms with E-state index in [-0.39, 0.29) is 35.8 Å². The summed E-state index contributed by atoms with van der Waals surface area (Å²) >= 11 is 0. The summed E-state index contributed by atoms with van der Waals surface area (Å²) in [6, 6.07) is 6.69. The second-order valence-electron chi connectivity index (χ2n) is 10.6. The fourth-order valence-corrected chi connectivity index (χ4v) is 5.77. The topological polar surface area (TPSA) is 91.1 Å². The van der Waals surface area contributed by atoms with E-state index in [0.29, 0.717) is 19.5 Å². The summed E-state index contributed by atoms with van der Waals surface area (Å²) in [5.41, 5.74) is 7.08. The lowest BCUT2D eigenvalue weighted by molar-refractivity contribution is -0.142. The molecule has 2 saturated heterocycles. The highest BCUT2D eigenvalue weighted by atomic mass is 19.1. The molecule has 3 aliphatic rings. The van der Waals surface area contributed by atoms with E-state index in [0.717, 1.165) is 77.1 Å². The highest BCUT2D eigenvalue weighted by Gasteiger charge is 2.38. The first-order chi connectivity index (χ1) is 17.4. The van der Waals surface area contributed by atoms with Gasteiger partial charge in [0.1, 0.15) is 11.9 Å². The van der Waals surface area contributed by atoms with Gasteiger partial charge < -0.3 is 20.7 Å². The number of piperidine rings is 1. The normalized spacial score (nSPS) is 27.7. The second kappa shape index (κ2) is 12.9. The lowest BCUT2D eigenvalue weighted by Gasteiger charge is -2.43. The maximum atomic E-state index is 13.5. The van der Waals surface area contributed by atoms with Gasteiger partial charge in [-0.05, 0) is 56.2 Å². The van der Waals surface area contributed by atoms with Crippen molar-refractivity contribution in [3.05, 3.63) is 35.6 Å². The Hall–Kier alpha value is -2.07. The molecule has 36 heavy (non-hydrogen) atoms. The fraction of sp³-hybridized carbons (Fsp3) is 0.704. The summed E-state index contributed by atoms with van der Waals surface area (Å²) in [4.78, 5) is 32.4. The molecule has 0 aromatic heterocycles. The SMILES string of the molecule is CC(=O)N1CCC(N(CCN2CCOCC2)Cc2ccc(F)cc2)C[C@@H]1C(=O)NC1CCC(N)CC1. The molecule has 2 amide bonds. The van der Waals surface area contributed by atoms with Crippen LogP contribution in [0, 0.1) is 5.82 Å². The van der Waals surface area contributed by atoms with E-state index < -0.39 is 6.04 Å². The van der Waals surface area contributed by atoms with Crippen molar-refractivity contribution in [1.82, 2.24) is 20.0 Å². The van der Waals surface area contributed by atoms with Crippen molar-refractivity contribution in [3.8, 4) is 0 Å². The zero-order chi connectivity index (χ0) is 25.5. The zero-order valence-corrected chi connectivity index (χ0v) is 21.5. The van der Waals surface area contributed by atoms with Crippen molar-refractivity contribution >= 4 is 11.8 Å². The number of carbonyl (C=O) groups excluding carboxylic acids is 2. The number of rotatable bonds is 8. The third-order valence-corrected chi connectivity index (χ3v) is 8.02. The van der Waals surface area contributed by atoms with Gasteiger partial charge in [-0.25, -0.2) is 4.39 Å². The molecule has 1 aromatic carbocycles. The molecule has 1 aliphatic carbocycles. The van der Waals surface area contributed by atoms with E-state index in [2.05, 4.69) is 15.1 Å². The molecule has 200 valence electrons. The summed E-state index contributed by atoms with van der Waals surface area (Å²) in [5, 5.41) is 3.22. The van der Waals surface area contributed by atoms with Crippen molar-refractivity contribution in [3.63, 3.8) is 0 Å². The van der Waals surface area contributed by atoms with Gasteiger partial charge in [0.25, 0.3) is 0 Å². The Morgan fingerprint density at radius 2 is 1.78 bits per heavy atom. The third kappa shape index (κ3) is 7.47. The number of nitrogens with two attached hydrogens (primary N) is 1. The Labute approximate surface area is 214 Å². The predicted octanol–water partition coefficient (Wildman–Crippen LogP) is 1.73. The van der Waals surface area contributed by atoms with Crippen LogP contribution in [0.2, 0.25) is 0 Å². The van der Waals surface area contributed by atoms with Gasteiger partial charge in [0, 0.05) is 64.3 Å². The minimum atomic E-state index is -0.476. The van der Waals surface area contributed by atoms with Gasteiger partial charge in [-0.3, -0.25) is 19.4 Å². The molecular formula is C27H42FN5O3. The first kappa shape index (κ1) is 27.0. The predicted molar refractivity (Wildman–Crippen MR) is 137 cm³/mol. The molecule has 0 spiro atoms. The average Bonchev–Trinajstić information content (AvgIpc) is 2.89. The standard InChI is InChI=1S/C27H42FN5O3/c1-20(34)33-11-10-25(18-26(33)27(35)30-24-8-6-23(29)7-9-24)32(13-12-31-14-16-36-17-15-31)19-21-2-4-22(28)5-3-21/h2-5,23-26H,6-19,29H2,1H3,(H,30,35)/t23?,24?,25?,26-/m1/s1. The van der Waals surface area contributed by atoms with Crippen LogP contribution in [0.15, 0.2) is 24.3 Å². The van der Waals surface area contributed by atoms with Gasteiger partial charge in [-0.2, -0.15) is 0 Å². The Bertz CT molecular complexity index is 855. The smallest absolute Gasteiger partial charge is 0.243 e. The van der Waals surface area contributed by atoms with Gasteiger partial charge in [0.2, 0.25) is 11.8 Å². The number of morpholine rings is 1. The van der Waals surface area contributed by atoms with Crippen LogP contribution in [0.5, 0.6) is 0 Å². The number of nitrogens with one attached hydrogen (secondary N) is 1. The average molecular weight is 504 g/mol. The largest absolute Gasteiger partial charge is 0.379 e. The fourth-order valence-electron chi connectivity index (χ4n) is 5.77. The number of hydrogen-bond donors (Lipinski definition) is 2. The van der Waals surface area contributed by atoms with E-state index >= 15 is 0 Å². The quantitative estimate of drug-likeness (QED) is 0.562. The molecule has 3 fully saturated rings. The number of benzene rings is 1. The number of halogens is 1. The molecule has 2 heterocycles. The van der Waals surface area contributed by atoms with Gasteiger partial charge in [0.05, 0.1) is 13.2 Å². The number of nitrogens with zero attached hydrogens (tertiary/aromatic N) is 3. The number of ether oxygens (including phenoxy) is 1. The Morgan fingerprint density at radius 1 is 1.08 bits per heavy atom. The van der Waals surface area contributed by atoms with E-state index in [1.54, 1.807) is 11.8 Å². The Morgan fingerprint density at radius 3 is 2.44 bits per heavy atom.